The summed E-state index contributed by atoms with van der Waals surface area (Å²) in [5.74, 6) is 0. The van der Waals surface area contributed by atoms with Crippen molar-refractivity contribution in [2.75, 3.05) is 6.54 Å². The number of hydrogen-bond acceptors (Lipinski definition) is 2. The fourth-order valence-electron chi connectivity index (χ4n) is 3.25. The van der Waals surface area contributed by atoms with Crippen LogP contribution in [0, 0.1) is 0 Å². The van der Waals surface area contributed by atoms with Gasteiger partial charge in [-0.2, -0.15) is 5.10 Å². The molecule has 0 spiro atoms. The number of H-pyrrole nitrogens is 1. The highest BCUT2D eigenvalue weighted by Crippen LogP contribution is 2.37. The van der Waals surface area contributed by atoms with Crippen LogP contribution in [0.25, 0.3) is 0 Å². The number of likely N-dealkylation sites (tertiary alicyclic amines) is 1. The number of nitrogens with one attached hydrogen (secondary N) is 1. The van der Waals surface area contributed by atoms with Crippen LogP contribution >= 0.6 is 0 Å². The molecule has 0 bridgehead atoms. The maximum absolute atomic E-state index is 4.08. The standard InChI is InChI=1S/C12H19N3/c1-2-5-10(4-1)15-9-3-6-12(15)11-7-8-13-14-11/h7-8,10,12H,1-6,9H2,(H,13,14)/t12-/m0/s1. The highest BCUT2D eigenvalue weighted by molar-refractivity contribution is 5.08. The Hall–Kier alpha value is -0.830. The normalized spacial score (nSPS) is 28.9. The third-order valence-corrected chi connectivity index (χ3v) is 3.97. The summed E-state index contributed by atoms with van der Waals surface area (Å²) in [5, 5.41) is 7.22. The van der Waals surface area contributed by atoms with E-state index in [1.54, 1.807) is 0 Å². The first-order chi connectivity index (χ1) is 7.45. The van der Waals surface area contributed by atoms with E-state index in [1.807, 2.05) is 6.20 Å². The molecule has 1 saturated carbocycles. The molecule has 0 unspecified atom stereocenters. The van der Waals surface area contributed by atoms with Crippen LogP contribution in [0.5, 0.6) is 0 Å². The van der Waals surface area contributed by atoms with Crippen LogP contribution in [-0.4, -0.2) is 27.7 Å². The number of rotatable bonds is 2. The molecule has 1 aromatic rings. The van der Waals surface area contributed by atoms with Gasteiger partial charge in [-0.05, 0) is 38.3 Å². The van der Waals surface area contributed by atoms with Crippen molar-refractivity contribution < 1.29 is 0 Å². The van der Waals surface area contributed by atoms with E-state index in [-0.39, 0.29) is 0 Å². The first kappa shape index (κ1) is 9.40. The van der Waals surface area contributed by atoms with E-state index in [2.05, 4.69) is 21.2 Å². The Morgan fingerprint density at radius 1 is 1.20 bits per heavy atom. The van der Waals surface area contributed by atoms with Crippen LogP contribution in [0.2, 0.25) is 0 Å². The molecule has 0 amide bonds. The minimum atomic E-state index is 0.621. The van der Waals surface area contributed by atoms with Gasteiger partial charge in [-0.1, -0.05) is 12.8 Å². The van der Waals surface area contributed by atoms with Gasteiger partial charge in [0, 0.05) is 12.2 Å². The van der Waals surface area contributed by atoms with Gasteiger partial charge in [-0.3, -0.25) is 10.00 Å². The molecule has 3 nitrogen and oxygen atoms in total. The minimum absolute atomic E-state index is 0.621. The predicted octanol–water partition coefficient (Wildman–Crippen LogP) is 2.49. The van der Waals surface area contributed by atoms with E-state index in [4.69, 9.17) is 0 Å². The number of nitrogens with zero attached hydrogens (tertiary/aromatic N) is 2. The van der Waals surface area contributed by atoms with Gasteiger partial charge in [-0.25, -0.2) is 0 Å². The third-order valence-electron chi connectivity index (χ3n) is 3.97. The highest BCUT2D eigenvalue weighted by atomic mass is 15.2. The summed E-state index contributed by atoms with van der Waals surface area (Å²) >= 11 is 0. The van der Waals surface area contributed by atoms with Crippen molar-refractivity contribution in [1.82, 2.24) is 15.1 Å². The second kappa shape index (κ2) is 3.97. The third kappa shape index (κ3) is 1.69. The molecular formula is C12H19N3. The Balaban J connectivity index is 1.77. The zero-order valence-electron chi connectivity index (χ0n) is 9.15. The van der Waals surface area contributed by atoms with Gasteiger partial charge in [0.05, 0.1) is 11.7 Å². The molecule has 15 heavy (non-hydrogen) atoms. The molecule has 0 radical (unpaired) electrons. The molecule has 1 saturated heterocycles. The Kier molecular flexibility index (Phi) is 2.49. The molecular weight excluding hydrogens is 186 g/mol. The Bertz CT molecular complexity index is 301. The second-order valence-corrected chi connectivity index (χ2v) is 4.85. The van der Waals surface area contributed by atoms with E-state index >= 15 is 0 Å². The Labute approximate surface area is 90.9 Å². The van der Waals surface area contributed by atoms with E-state index < -0.39 is 0 Å². The van der Waals surface area contributed by atoms with Crippen LogP contribution in [0.4, 0.5) is 0 Å². The lowest BCUT2D eigenvalue weighted by Gasteiger charge is -2.29. The lowest BCUT2D eigenvalue weighted by molar-refractivity contribution is 0.180. The van der Waals surface area contributed by atoms with Crippen LogP contribution in [0.15, 0.2) is 12.3 Å². The van der Waals surface area contributed by atoms with E-state index in [0.29, 0.717) is 6.04 Å². The summed E-state index contributed by atoms with van der Waals surface area (Å²) in [5.41, 5.74) is 1.32. The fraction of sp³-hybridized carbons (Fsp3) is 0.750. The van der Waals surface area contributed by atoms with Crippen molar-refractivity contribution in [1.29, 1.82) is 0 Å². The van der Waals surface area contributed by atoms with Crippen molar-refractivity contribution in [2.45, 2.75) is 50.6 Å². The number of aromatic amines is 1. The SMILES string of the molecule is c1cc([C@@H]2CCCN2C2CCCC2)[nH]n1. The summed E-state index contributed by atoms with van der Waals surface area (Å²) in [4.78, 5) is 2.71. The molecule has 1 aliphatic heterocycles. The predicted molar refractivity (Wildman–Crippen MR) is 59.5 cm³/mol. The molecule has 3 heteroatoms. The van der Waals surface area contributed by atoms with Crippen molar-refractivity contribution in [2.24, 2.45) is 0 Å². The molecule has 1 aromatic heterocycles. The molecule has 82 valence electrons. The van der Waals surface area contributed by atoms with Gasteiger partial charge in [-0.15, -0.1) is 0 Å². The Morgan fingerprint density at radius 2 is 2.07 bits per heavy atom. The molecule has 3 rings (SSSR count). The fourth-order valence-corrected chi connectivity index (χ4v) is 3.25. The molecule has 1 N–H and O–H groups in total. The zero-order chi connectivity index (χ0) is 10.1. The number of aromatic nitrogens is 2. The molecule has 2 aliphatic rings. The first-order valence-electron chi connectivity index (χ1n) is 6.20. The first-order valence-corrected chi connectivity index (χ1v) is 6.20. The average molecular weight is 205 g/mol. The monoisotopic (exact) mass is 205 g/mol. The quantitative estimate of drug-likeness (QED) is 0.804. The second-order valence-electron chi connectivity index (χ2n) is 4.85. The summed E-state index contributed by atoms with van der Waals surface area (Å²) in [6.45, 7) is 1.29. The molecule has 2 heterocycles. The smallest absolute Gasteiger partial charge is 0.0523 e. The van der Waals surface area contributed by atoms with Crippen molar-refractivity contribution in [3.63, 3.8) is 0 Å². The minimum Gasteiger partial charge on any atom is -0.292 e. The van der Waals surface area contributed by atoms with E-state index in [9.17, 15) is 0 Å². The van der Waals surface area contributed by atoms with Gasteiger partial charge in [0.2, 0.25) is 0 Å². The summed E-state index contributed by atoms with van der Waals surface area (Å²) < 4.78 is 0. The van der Waals surface area contributed by atoms with Crippen molar-refractivity contribution in [3.05, 3.63) is 18.0 Å². The summed E-state index contributed by atoms with van der Waals surface area (Å²) in [6, 6.07) is 3.61. The maximum Gasteiger partial charge on any atom is 0.0523 e. The van der Waals surface area contributed by atoms with Crippen molar-refractivity contribution >= 4 is 0 Å². The Morgan fingerprint density at radius 3 is 2.80 bits per heavy atom. The lowest BCUT2D eigenvalue weighted by Crippen LogP contribution is -2.32. The highest BCUT2D eigenvalue weighted by Gasteiger charge is 2.33. The zero-order valence-corrected chi connectivity index (χ0v) is 9.15. The maximum atomic E-state index is 4.08. The van der Waals surface area contributed by atoms with Crippen LogP contribution in [0.1, 0.15) is 50.3 Å². The molecule has 1 aliphatic carbocycles. The van der Waals surface area contributed by atoms with Crippen LogP contribution in [0.3, 0.4) is 0 Å². The largest absolute Gasteiger partial charge is 0.292 e. The van der Waals surface area contributed by atoms with Crippen LogP contribution < -0.4 is 0 Å². The van der Waals surface area contributed by atoms with Crippen molar-refractivity contribution in [3.8, 4) is 0 Å². The summed E-state index contributed by atoms with van der Waals surface area (Å²) in [6.07, 6.45) is 10.2. The van der Waals surface area contributed by atoms with Gasteiger partial charge in [0.1, 0.15) is 0 Å². The number of hydrogen-bond donors (Lipinski definition) is 1. The lowest BCUT2D eigenvalue weighted by atomic mass is 10.1. The topological polar surface area (TPSA) is 31.9 Å². The van der Waals surface area contributed by atoms with Gasteiger partial charge in [0.15, 0.2) is 0 Å². The van der Waals surface area contributed by atoms with Gasteiger partial charge in [0.25, 0.3) is 0 Å². The molecule has 2 fully saturated rings. The summed E-state index contributed by atoms with van der Waals surface area (Å²) in [7, 11) is 0. The van der Waals surface area contributed by atoms with Gasteiger partial charge >= 0.3 is 0 Å². The van der Waals surface area contributed by atoms with Gasteiger partial charge < -0.3 is 0 Å². The van der Waals surface area contributed by atoms with E-state index in [1.165, 1.54) is 50.8 Å². The molecule has 0 aromatic carbocycles. The van der Waals surface area contributed by atoms with Crippen LogP contribution in [-0.2, 0) is 0 Å². The molecule has 1 atom stereocenters. The average Bonchev–Trinajstić information content (AvgIpc) is 3.01. The van der Waals surface area contributed by atoms with E-state index in [0.717, 1.165) is 6.04 Å².